The third-order valence-corrected chi connectivity index (χ3v) is 8.02. The molecule has 0 aliphatic rings. The summed E-state index contributed by atoms with van der Waals surface area (Å²) in [6.45, 7) is 8.95. The highest BCUT2D eigenvalue weighted by Crippen LogP contribution is 2.43. The summed E-state index contributed by atoms with van der Waals surface area (Å²) in [5, 5.41) is 1.85. The highest BCUT2D eigenvalue weighted by atomic mass is 19.1. The molecule has 0 amide bonds. The van der Waals surface area contributed by atoms with E-state index in [0.717, 1.165) is 44.3 Å². The third-order valence-electron chi connectivity index (χ3n) is 8.02. The second kappa shape index (κ2) is 9.74. The summed E-state index contributed by atoms with van der Waals surface area (Å²) in [4.78, 5) is 5.21. The average molecular weight is 539 g/mol. The van der Waals surface area contributed by atoms with Gasteiger partial charge in [-0.25, -0.2) is 9.37 Å². The minimum Gasteiger partial charge on any atom is -0.455 e. The summed E-state index contributed by atoms with van der Waals surface area (Å²) in [7, 11) is 0. The second-order valence-corrected chi connectivity index (χ2v) is 11.3. The summed E-state index contributed by atoms with van der Waals surface area (Å²) in [6.07, 6.45) is 0. The van der Waals surface area contributed by atoms with Crippen molar-refractivity contribution < 1.29 is 8.81 Å². The Morgan fingerprint density at radius 1 is 0.707 bits per heavy atom. The first-order valence-electron chi connectivity index (χ1n) is 14.2. The fourth-order valence-electron chi connectivity index (χ4n) is 6.12. The van der Waals surface area contributed by atoms with Crippen molar-refractivity contribution >= 4 is 33.0 Å². The summed E-state index contributed by atoms with van der Waals surface area (Å²) < 4.78 is 23.8. The highest BCUT2D eigenvalue weighted by molar-refractivity contribution is 6.15. The Kier molecular flexibility index (Phi) is 6.01. The minimum atomic E-state index is -0.323. The molecule has 0 fully saturated rings. The van der Waals surface area contributed by atoms with E-state index in [1.54, 1.807) is 6.07 Å². The van der Waals surface area contributed by atoms with Crippen LogP contribution in [0.5, 0.6) is 0 Å². The van der Waals surface area contributed by atoms with Crippen molar-refractivity contribution in [1.29, 1.82) is 0 Å². The second-order valence-electron chi connectivity index (χ2n) is 11.3. The molecule has 0 spiro atoms. The van der Waals surface area contributed by atoms with Gasteiger partial charge in [-0.3, -0.25) is 4.57 Å². The molecule has 0 atom stereocenters. The smallest absolute Gasteiger partial charge is 0.149 e. The molecule has 7 rings (SSSR count). The molecule has 5 aromatic carbocycles. The number of benzene rings is 5. The normalized spacial score (nSPS) is 12.0. The molecule has 4 heteroatoms. The first kappa shape index (κ1) is 25.3. The van der Waals surface area contributed by atoms with E-state index in [9.17, 15) is 4.39 Å². The number of imidazole rings is 1. The molecule has 2 heterocycles. The molecule has 0 unspecified atom stereocenters. The number of furan rings is 1. The topological polar surface area (TPSA) is 31.0 Å². The molecule has 0 aliphatic carbocycles. The van der Waals surface area contributed by atoms with Crippen molar-refractivity contribution in [2.45, 2.75) is 39.5 Å². The Hall–Kier alpha value is -4.70. The van der Waals surface area contributed by atoms with Gasteiger partial charge in [0.15, 0.2) is 0 Å². The van der Waals surface area contributed by atoms with Crippen LogP contribution in [0, 0.1) is 5.82 Å². The summed E-state index contributed by atoms with van der Waals surface area (Å²) in [5.74, 6) is 1.12. The number of hydrogen-bond donors (Lipinski definition) is 0. The quantitative estimate of drug-likeness (QED) is 0.218. The van der Waals surface area contributed by atoms with E-state index in [4.69, 9.17) is 9.40 Å². The molecule has 0 bridgehead atoms. The SMILES string of the molecule is CC(C)c1cccc(C(C)C)c1-n1c(-c2cccc3c2oc2cc(F)cc(-c4ccccc4)c23)nc2ccccc21. The average Bonchev–Trinajstić information content (AvgIpc) is 3.55. The Labute approximate surface area is 238 Å². The molecular weight excluding hydrogens is 507 g/mol. The van der Waals surface area contributed by atoms with Crippen molar-refractivity contribution in [2.24, 2.45) is 0 Å². The van der Waals surface area contributed by atoms with E-state index >= 15 is 0 Å². The predicted molar refractivity (Wildman–Crippen MR) is 167 cm³/mol. The first-order valence-corrected chi connectivity index (χ1v) is 14.2. The van der Waals surface area contributed by atoms with Crippen LogP contribution < -0.4 is 0 Å². The Morgan fingerprint density at radius 3 is 2.12 bits per heavy atom. The van der Waals surface area contributed by atoms with Crippen molar-refractivity contribution in [3.05, 3.63) is 120 Å². The minimum absolute atomic E-state index is 0.316. The maximum Gasteiger partial charge on any atom is 0.149 e. The van der Waals surface area contributed by atoms with Gasteiger partial charge in [0.25, 0.3) is 0 Å². The molecule has 0 saturated heterocycles. The number of fused-ring (bicyclic) bond motifs is 4. The van der Waals surface area contributed by atoms with Crippen molar-refractivity contribution in [1.82, 2.24) is 9.55 Å². The van der Waals surface area contributed by atoms with Crippen LogP contribution in [-0.4, -0.2) is 9.55 Å². The number of halogens is 1. The highest BCUT2D eigenvalue weighted by Gasteiger charge is 2.25. The summed E-state index contributed by atoms with van der Waals surface area (Å²) in [5.41, 5.74) is 9.54. The van der Waals surface area contributed by atoms with E-state index in [1.807, 2.05) is 42.5 Å². The van der Waals surface area contributed by atoms with Gasteiger partial charge in [-0.05, 0) is 58.4 Å². The molecule has 202 valence electrons. The van der Waals surface area contributed by atoms with Crippen LogP contribution in [0.25, 0.3) is 61.2 Å². The van der Waals surface area contributed by atoms with Gasteiger partial charge in [-0.1, -0.05) is 100 Å². The molecule has 41 heavy (non-hydrogen) atoms. The molecule has 0 saturated carbocycles. The fraction of sp³-hybridized carbons (Fsp3) is 0.162. The number of hydrogen-bond acceptors (Lipinski definition) is 2. The van der Waals surface area contributed by atoms with Crippen LogP contribution in [0.3, 0.4) is 0 Å². The van der Waals surface area contributed by atoms with Crippen LogP contribution >= 0.6 is 0 Å². The van der Waals surface area contributed by atoms with Crippen molar-refractivity contribution in [2.75, 3.05) is 0 Å². The van der Waals surface area contributed by atoms with E-state index in [0.29, 0.717) is 23.0 Å². The maximum absolute atomic E-state index is 14.9. The van der Waals surface area contributed by atoms with Crippen LogP contribution in [0.4, 0.5) is 4.39 Å². The van der Waals surface area contributed by atoms with Crippen LogP contribution in [0.1, 0.15) is 50.7 Å². The van der Waals surface area contributed by atoms with Gasteiger partial charge >= 0.3 is 0 Å². The molecule has 3 nitrogen and oxygen atoms in total. The lowest BCUT2D eigenvalue weighted by molar-refractivity contribution is 0.619. The van der Waals surface area contributed by atoms with Crippen molar-refractivity contribution in [3.63, 3.8) is 0 Å². The zero-order chi connectivity index (χ0) is 28.2. The lowest BCUT2D eigenvalue weighted by Gasteiger charge is -2.22. The third kappa shape index (κ3) is 4.05. The number of aromatic nitrogens is 2. The van der Waals surface area contributed by atoms with E-state index < -0.39 is 0 Å². The Morgan fingerprint density at radius 2 is 1.39 bits per heavy atom. The van der Waals surface area contributed by atoms with Gasteiger partial charge in [0.05, 0.1) is 22.3 Å². The summed E-state index contributed by atoms with van der Waals surface area (Å²) in [6, 6.07) is 34.1. The number of rotatable bonds is 5. The number of para-hydroxylation sites is 4. The Balaban J connectivity index is 1.60. The largest absolute Gasteiger partial charge is 0.455 e. The lowest BCUT2D eigenvalue weighted by atomic mass is 9.92. The molecule has 0 N–H and O–H groups in total. The van der Waals surface area contributed by atoms with Gasteiger partial charge in [-0.15, -0.1) is 0 Å². The van der Waals surface area contributed by atoms with Crippen LogP contribution in [-0.2, 0) is 0 Å². The van der Waals surface area contributed by atoms with E-state index in [-0.39, 0.29) is 5.82 Å². The van der Waals surface area contributed by atoms with Gasteiger partial charge in [0.2, 0.25) is 0 Å². The fourth-order valence-corrected chi connectivity index (χ4v) is 6.12. The van der Waals surface area contributed by atoms with E-state index in [2.05, 4.69) is 80.8 Å². The molecule has 2 aromatic heterocycles. The lowest BCUT2D eigenvalue weighted by Crippen LogP contribution is -2.08. The monoisotopic (exact) mass is 538 g/mol. The summed E-state index contributed by atoms with van der Waals surface area (Å²) >= 11 is 0. The zero-order valence-electron chi connectivity index (χ0n) is 23.7. The molecular formula is C37H31FN2O. The maximum atomic E-state index is 14.9. The van der Waals surface area contributed by atoms with Gasteiger partial charge < -0.3 is 4.42 Å². The first-order chi connectivity index (χ1) is 19.9. The van der Waals surface area contributed by atoms with Gasteiger partial charge in [0.1, 0.15) is 22.8 Å². The standard InChI is InChI=1S/C37H31FN2O/c1-22(2)26-14-10-15-27(23(3)4)35(26)40-32-19-9-8-18-31(32)39-37(40)29-17-11-16-28-34-30(24-12-6-5-7-13-24)20-25(38)21-33(34)41-36(28)29/h5-23H,1-4H3. The molecule has 7 aromatic rings. The molecule has 0 radical (unpaired) electrons. The van der Waals surface area contributed by atoms with Crippen LogP contribution in [0.15, 0.2) is 108 Å². The van der Waals surface area contributed by atoms with Gasteiger partial charge in [0, 0.05) is 16.8 Å². The van der Waals surface area contributed by atoms with Gasteiger partial charge in [-0.2, -0.15) is 0 Å². The number of nitrogens with zero attached hydrogens (tertiary/aromatic N) is 2. The molecule has 0 aliphatic heterocycles. The zero-order valence-corrected chi connectivity index (χ0v) is 23.7. The van der Waals surface area contributed by atoms with Crippen LogP contribution in [0.2, 0.25) is 0 Å². The Bertz CT molecular complexity index is 2040. The van der Waals surface area contributed by atoms with Crippen molar-refractivity contribution in [3.8, 4) is 28.2 Å². The predicted octanol–water partition coefficient (Wildman–Crippen LogP) is 10.6. The van der Waals surface area contributed by atoms with E-state index in [1.165, 1.54) is 22.9 Å².